The Morgan fingerprint density at radius 3 is 2.55 bits per heavy atom. The minimum atomic E-state index is -1.36. The number of aromatic nitrogens is 5. The van der Waals surface area contributed by atoms with Gasteiger partial charge in [0.1, 0.15) is 11.9 Å². The molecule has 246 valence electrons. The van der Waals surface area contributed by atoms with Crippen molar-refractivity contribution in [2.24, 2.45) is 5.92 Å². The van der Waals surface area contributed by atoms with Crippen molar-refractivity contribution in [3.05, 3.63) is 71.4 Å². The Labute approximate surface area is 284 Å². The number of carbonyl (C=O) groups is 3. The monoisotopic (exact) mass is 658 g/mol. The van der Waals surface area contributed by atoms with Crippen LogP contribution in [0.4, 0.5) is 27.3 Å². The second-order valence-electron chi connectivity index (χ2n) is 12.6. The predicted molar refractivity (Wildman–Crippen MR) is 183 cm³/mol. The number of likely N-dealkylation sites (tertiary alicyclic amines) is 1. The van der Waals surface area contributed by atoms with Gasteiger partial charge in [0.15, 0.2) is 17.8 Å². The van der Waals surface area contributed by atoms with Crippen LogP contribution in [0, 0.1) is 5.92 Å². The smallest absolute Gasteiger partial charge is 0.273 e. The maximum atomic E-state index is 13.5. The van der Waals surface area contributed by atoms with Gasteiger partial charge in [-0.05, 0) is 36.4 Å². The number of aldehydes is 1. The van der Waals surface area contributed by atoms with Crippen LogP contribution in [0.2, 0.25) is 0 Å². The molecule has 1 saturated heterocycles. The third-order valence-electron chi connectivity index (χ3n) is 9.52. The number of benzene rings is 1. The molecular formula is C33H33B2FN10O3. The lowest BCUT2D eigenvalue weighted by Crippen LogP contribution is -2.60. The van der Waals surface area contributed by atoms with E-state index in [1.54, 1.807) is 18.2 Å². The van der Waals surface area contributed by atoms with Crippen LogP contribution in [0.5, 0.6) is 0 Å². The zero-order valence-electron chi connectivity index (χ0n) is 27.2. The number of nitrogens with zero attached hydrogens (tertiary/aromatic N) is 7. The molecule has 4 radical (unpaired) electrons. The molecule has 3 aliphatic rings. The zero-order valence-corrected chi connectivity index (χ0v) is 27.2. The Hall–Kier alpha value is -5.11. The molecule has 0 bridgehead atoms. The fourth-order valence-corrected chi connectivity index (χ4v) is 6.70. The Morgan fingerprint density at radius 2 is 1.86 bits per heavy atom. The van der Waals surface area contributed by atoms with Gasteiger partial charge in [0, 0.05) is 50.1 Å². The van der Waals surface area contributed by atoms with Gasteiger partial charge in [-0.2, -0.15) is 5.10 Å². The number of fused-ring (bicyclic) bond motifs is 3. The van der Waals surface area contributed by atoms with Gasteiger partial charge >= 0.3 is 0 Å². The summed E-state index contributed by atoms with van der Waals surface area (Å²) in [6.07, 6.45) is 2.32. The van der Waals surface area contributed by atoms with Crippen LogP contribution in [-0.4, -0.2) is 97.0 Å². The fraction of sp³-hybridized carbons (Fsp3) is 0.364. The molecule has 3 aromatic heterocycles. The molecule has 7 rings (SSSR count). The van der Waals surface area contributed by atoms with E-state index in [-0.39, 0.29) is 35.7 Å². The first-order valence-corrected chi connectivity index (χ1v) is 16.1. The zero-order chi connectivity index (χ0) is 34.6. The number of alkyl halides is 1. The molecule has 5 heterocycles. The molecule has 1 aromatic carbocycles. The average molecular weight is 658 g/mol. The van der Waals surface area contributed by atoms with Crippen molar-refractivity contribution in [3.8, 4) is 11.1 Å². The van der Waals surface area contributed by atoms with Crippen molar-refractivity contribution in [2.75, 3.05) is 42.7 Å². The van der Waals surface area contributed by atoms with Gasteiger partial charge in [0.25, 0.3) is 5.91 Å². The van der Waals surface area contributed by atoms with Crippen LogP contribution in [0.1, 0.15) is 64.2 Å². The van der Waals surface area contributed by atoms with E-state index in [0.29, 0.717) is 36.4 Å². The molecule has 1 saturated carbocycles. The summed E-state index contributed by atoms with van der Waals surface area (Å²) in [7, 11) is 16.6. The number of pyridine rings is 1. The number of rotatable bonds is 10. The van der Waals surface area contributed by atoms with E-state index >= 15 is 0 Å². The molecule has 2 aliphatic heterocycles. The molecule has 1 aliphatic carbocycles. The normalized spacial score (nSPS) is 20.1. The van der Waals surface area contributed by atoms with Crippen LogP contribution in [-0.2, 0) is 10.1 Å². The topological polar surface area (TPSA) is 150 Å². The summed E-state index contributed by atoms with van der Waals surface area (Å²) in [5, 5.41) is 20.1. The molecule has 0 spiro atoms. The van der Waals surface area contributed by atoms with Crippen molar-refractivity contribution in [3.63, 3.8) is 0 Å². The van der Waals surface area contributed by atoms with Gasteiger partial charge in [-0.3, -0.25) is 19.1 Å². The quantitative estimate of drug-likeness (QED) is 0.172. The lowest BCUT2D eigenvalue weighted by atomic mass is 9.57. The fourth-order valence-electron chi connectivity index (χ4n) is 6.70. The molecule has 2 amide bonds. The van der Waals surface area contributed by atoms with Crippen molar-refractivity contribution in [2.45, 2.75) is 43.4 Å². The second-order valence-corrected chi connectivity index (χ2v) is 12.6. The number of carbonyl (C=O) groups excluding carboxylic acids is 3. The Morgan fingerprint density at radius 1 is 1.10 bits per heavy atom. The Balaban J connectivity index is 1.19. The number of halogens is 1. The van der Waals surface area contributed by atoms with Gasteiger partial charge in [-0.1, -0.05) is 25.1 Å². The third kappa shape index (κ3) is 5.63. The number of nitrogens with one attached hydrogen (secondary N) is 3. The van der Waals surface area contributed by atoms with Crippen LogP contribution >= 0.6 is 0 Å². The summed E-state index contributed by atoms with van der Waals surface area (Å²) >= 11 is 0. The van der Waals surface area contributed by atoms with Gasteiger partial charge < -0.3 is 25.8 Å². The molecule has 13 nitrogen and oxygen atoms in total. The molecular weight excluding hydrogens is 625 g/mol. The number of hydrogen-bond acceptors (Lipinski definition) is 10. The molecule has 49 heavy (non-hydrogen) atoms. The van der Waals surface area contributed by atoms with Crippen molar-refractivity contribution >= 4 is 56.7 Å². The SMILES string of the molecule is [B]C([B])(c1cccc(C=O)n1)N1CC(n2ncc3c2C(CC)N(C)c2c(Nc4cc(NC(=O)C5CC5F)nnc4C(=O)NC)cccc2-3)C1. The standard InChI is InChI=1S/C33H33B2FN10O3/c1-4-25-30-21(13-38-46(30)18-14-45(15-18)33(34,35)26-10-5-7-17(16-47)39-26)19-8-6-9-23(29(19)44(25)3)40-24-12-27(41-31(48)20-11-22(20)36)42-43-28(24)32(49)37-2/h5-10,12-13,16,18,20,22,25H,4,11,14-15H2,1-3H3,(H,37,49)(H2,40,41,42,48). The highest BCUT2D eigenvalue weighted by Gasteiger charge is 2.44. The summed E-state index contributed by atoms with van der Waals surface area (Å²) < 4.78 is 15.6. The first-order chi connectivity index (χ1) is 23.5. The summed E-state index contributed by atoms with van der Waals surface area (Å²) in [4.78, 5) is 44.9. The molecule has 3 atom stereocenters. The summed E-state index contributed by atoms with van der Waals surface area (Å²) in [5.41, 5.74) is 5.61. The van der Waals surface area contributed by atoms with Crippen molar-refractivity contribution in [1.29, 1.82) is 0 Å². The average Bonchev–Trinajstić information content (AvgIpc) is 3.67. The maximum Gasteiger partial charge on any atom is 0.273 e. The number of amides is 2. The van der Waals surface area contributed by atoms with E-state index in [4.69, 9.17) is 20.8 Å². The molecule has 3 N–H and O–H groups in total. The van der Waals surface area contributed by atoms with Crippen LogP contribution in [0.25, 0.3) is 11.1 Å². The van der Waals surface area contributed by atoms with Crippen LogP contribution < -0.4 is 20.9 Å². The van der Waals surface area contributed by atoms with Gasteiger partial charge in [-0.15, -0.1) is 10.2 Å². The van der Waals surface area contributed by atoms with E-state index in [1.165, 1.54) is 13.1 Å². The molecule has 16 heteroatoms. The largest absolute Gasteiger partial charge is 0.364 e. The Bertz CT molecular complexity index is 1970. The number of para-hydroxylation sites is 1. The summed E-state index contributed by atoms with van der Waals surface area (Å²) in [6, 6.07) is 12.3. The van der Waals surface area contributed by atoms with Crippen molar-refractivity contribution in [1.82, 2.24) is 35.2 Å². The number of hydrogen-bond donors (Lipinski definition) is 3. The highest BCUT2D eigenvalue weighted by molar-refractivity contribution is 6.39. The second kappa shape index (κ2) is 12.4. The van der Waals surface area contributed by atoms with E-state index in [0.717, 1.165) is 28.9 Å². The highest BCUT2D eigenvalue weighted by atomic mass is 19.1. The first kappa shape index (κ1) is 32.4. The Kier molecular flexibility index (Phi) is 8.21. The highest BCUT2D eigenvalue weighted by Crippen LogP contribution is 2.50. The van der Waals surface area contributed by atoms with Crippen molar-refractivity contribution < 1.29 is 18.8 Å². The lowest BCUT2D eigenvalue weighted by molar-refractivity contribution is -0.117. The van der Waals surface area contributed by atoms with E-state index in [2.05, 4.69) is 47.6 Å². The third-order valence-corrected chi connectivity index (χ3v) is 9.52. The van der Waals surface area contributed by atoms with E-state index < -0.39 is 29.2 Å². The molecule has 2 fully saturated rings. The number of anilines is 4. The van der Waals surface area contributed by atoms with E-state index in [9.17, 15) is 18.8 Å². The maximum absolute atomic E-state index is 13.5. The van der Waals surface area contributed by atoms with Crippen LogP contribution in [0.15, 0.2) is 48.7 Å². The van der Waals surface area contributed by atoms with E-state index in [1.807, 2.05) is 36.3 Å². The molecule has 3 unspecified atom stereocenters. The van der Waals surface area contributed by atoms with Gasteiger partial charge in [-0.25, -0.2) is 9.37 Å². The van der Waals surface area contributed by atoms with Gasteiger partial charge in [0.2, 0.25) is 5.91 Å². The first-order valence-electron chi connectivity index (χ1n) is 16.1. The predicted octanol–water partition coefficient (Wildman–Crippen LogP) is 2.85. The van der Waals surface area contributed by atoms with Gasteiger partial charge in [0.05, 0.1) is 62.6 Å². The summed E-state index contributed by atoms with van der Waals surface area (Å²) in [6.45, 7) is 3.18. The minimum Gasteiger partial charge on any atom is -0.364 e. The minimum absolute atomic E-state index is 0.00439. The van der Waals surface area contributed by atoms with Crippen LogP contribution in [0.3, 0.4) is 0 Å². The summed E-state index contributed by atoms with van der Waals surface area (Å²) in [5.74, 6) is -1.54. The molecule has 4 aromatic rings. The lowest BCUT2D eigenvalue weighted by Gasteiger charge is -2.50.